The first-order valence-electron chi connectivity index (χ1n) is 4.93. The molecule has 3 heteroatoms. The summed E-state index contributed by atoms with van der Waals surface area (Å²) in [5.41, 5.74) is 8.06. The Bertz CT molecular complexity index is 511. The highest BCUT2D eigenvalue weighted by atomic mass is 79.9. The maximum absolute atomic E-state index is 13.5. The van der Waals surface area contributed by atoms with Crippen LogP contribution in [0.4, 0.5) is 10.1 Å². The van der Waals surface area contributed by atoms with Crippen LogP contribution in [0.25, 0.3) is 0 Å². The summed E-state index contributed by atoms with van der Waals surface area (Å²) >= 11 is 3.33. The van der Waals surface area contributed by atoms with Gasteiger partial charge < -0.3 is 5.73 Å². The smallest absolute Gasteiger partial charge is 0.126 e. The number of hydrogen-bond donors (Lipinski definition) is 1. The molecule has 2 aromatic rings. The van der Waals surface area contributed by atoms with E-state index >= 15 is 0 Å². The zero-order valence-electron chi connectivity index (χ0n) is 8.58. The molecule has 0 aliphatic carbocycles. The maximum Gasteiger partial charge on any atom is 0.126 e. The summed E-state index contributed by atoms with van der Waals surface area (Å²) in [6.07, 6.45) is 0.552. The Kier molecular flexibility index (Phi) is 3.25. The van der Waals surface area contributed by atoms with E-state index in [2.05, 4.69) is 15.9 Å². The second kappa shape index (κ2) is 4.66. The molecule has 0 radical (unpaired) electrons. The number of nitrogens with two attached hydrogens (primary N) is 1. The van der Waals surface area contributed by atoms with Crippen molar-refractivity contribution in [2.45, 2.75) is 6.42 Å². The van der Waals surface area contributed by atoms with Crippen LogP contribution >= 0.6 is 15.9 Å². The minimum Gasteiger partial charge on any atom is -0.399 e. The van der Waals surface area contributed by atoms with Crippen molar-refractivity contribution in [2.75, 3.05) is 5.73 Å². The molecule has 16 heavy (non-hydrogen) atoms. The third-order valence-corrected chi connectivity index (χ3v) is 2.85. The average molecular weight is 280 g/mol. The first-order valence-corrected chi connectivity index (χ1v) is 5.73. The molecule has 2 N–H and O–H groups in total. The average Bonchev–Trinajstić information content (AvgIpc) is 2.24. The van der Waals surface area contributed by atoms with E-state index in [1.807, 2.05) is 24.3 Å². The molecule has 82 valence electrons. The Morgan fingerprint density at radius 2 is 1.94 bits per heavy atom. The van der Waals surface area contributed by atoms with Gasteiger partial charge in [0.1, 0.15) is 5.82 Å². The monoisotopic (exact) mass is 279 g/mol. The van der Waals surface area contributed by atoms with Crippen molar-refractivity contribution in [1.82, 2.24) is 0 Å². The van der Waals surface area contributed by atoms with E-state index in [0.29, 0.717) is 17.7 Å². The quantitative estimate of drug-likeness (QED) is 0.833. The van der Waals surface area contributed by atoms with Gasteiger partial charge >= 0.3 is 0 Å². The number of anilines is 1. The van der Waals surface area contributed by atoms with Gasteiger partial charge in [-0.3, -0.25) is 0 Å². The molecule has 2 aromatic carbocycles. The molecule has 2 rings (SSSR count). The second-order valence-electron chi connectivity index (χ2n) is 3.66. The molecule has 0 amide bonds. The molecule has 0 saturated heterocycles. The summed E-state index contributed by atoms with van der Waals surface area (Å²) in [7, 11) is 0. The Hall–Kier alpha value is -1.35. The molecule has 0 aliphatic heterocycles. The van der Waals surface area contributed by atoms with Gasteiger partial charge in [-0.15, -0.1) is 0 Å². The van der Waals surface area contributed by atoms with Gasteiger partial charge in [-0.1, -0.05) is 28.1 Å². The zero-order chi connectivity index (χ0) is 11.5. The Morgan fingerprint density at radius 3 is 2.69 bits per heavy atom. The molecular formula is C13H11BrFN. The molecule has 1 nitrogen and oxygen atoms in total. The number of rotatable bonds is 2. The van der Waals surface area contributed by atoms with Gasteiger partial charge in [-0.2, -0.15) is 0 Å². The Balaban J connectivity index is 2.30. The predicted octanol–water partition coefficient (Wildman–Crippen LogP) is 3.76. The highest BCUT2D eigenvalue weighted by Crippen LogP contribution is 2.19. The molecule has 0 heterocycles. The summed E-state index contributed by atoms with van der Waals surface area (Å²) in [4.78, 5) is 0. The van der Waals surface area contributed by atoms with Crippen LogP contribution in [0.15, 0.2) is 46.9 Å². The van der Waals surface area contributed by atoms with Crippen LogP contribution in [-0.2, 0) is 6.42 Å². The number of halogens is 2. The fraction of sp³-hybridized carbons (Fsp3) is 0.0769. The fourth-order valence-electron chi connectivity index (χ4n) is 1.60. The van der Waals surface area contributed by atoms with Crippen LogP contribution in [0.5, 0.6) is 0 Å². The Labute approximate surface area is 102 Å². The minimum atomic E-state index is -0.189. The minimum absolute atomic E-state index is 0.189. The van der Waals surface area contributed by atoms with Gasteiger partial charge in [0.25, 0.3) is 0 Å². The predicted molar refractivity (Wildman–Crippen MR) is 67.8 cm³/mol. The van der Waals surface area contributed by atoms with Crippen molar-refractivity contribution in [3.05, 3.63) is 63.9 Å². The third kappa shape index (κ3) is 2.61. The summed E-state index contributed by atoms with van der Waals surface area (Å²) in [6, 6.07) is 12.4. The van der Waals surface area contributed by atoms with E-state index in [-0.39, 0.29) is 5.82 Å². The fourth-order valence-corrected chi connectivity index (χ4v) is 2.01. The maximum atomic E-state index is 13.5. The van der Waals surface area contributed by atoms with E-state index in [4.69, 9.17) is 5.73 Å². The number of benzene rings is 2. The lowest BCUT2D eigenvalue weighted by Crippen LogP contribution is -1.94. The van der Waals surface area contributed by atoms with Gasteiger partial charge in [-0.05, 0) is 41.5 Å². The number of hydrogen-bond acceptors (Lipinski definition) is 1. The van der Waals surface area contributed by atoms with Crippen LogP contribution in [0.2, 0.25) is 0 Å². The van der Waals surface area contributed by atoms with Crippen molar-refractivity contribution in [2.24, 2.45) is 0 Å². The van der Waals surface area contributed by atoms with E-state index in [1.54, 1.807) is 12.1 Å². The second-order valence-corrected chi connectivity index (χ2v) is 4.57. The number of nitrogen functional groups attached to an aromatic ring is 1. The lowest BCUT2D eigenvalue weighted by atomic mass is 10.0. The molecule has 0 unspecified atom stereocenters. The topological polar surface area (TPSA) is 26.0 Å². The summed E-state index contributed by atoms with van der Waals surface area (Å²) in [6.45, 7) is 0. The standard InChI is InChI=1S/C13H11BrFN/c14-11-4-5-13(15)10(8-11)6-9-2-1-3-12(16)7-9/h1-5,7-8H,6,16H2. The molecule has 0 spiro atoms. The van der Waals surface area contributed by atoms with Crippen LogP contribution in [0.3, 0.4) is 0 Å². The largest absolute Gasteiger partial charge is 0.399 e. The Morgan fingerprint density at radius 1 is 1.12 bits per heavy atom. The highest BCUT2D eigenvalue weighted by Gasteiger charge is 2.04. The van der Waals surface area contributed by atoms with E-state index in [9.17, 15) is 4.39 Å². The summed E-state index contributed by atoms with van der Waals surface area (Å²) in [5.74, 6) is -0.189. The summed E-state index contributed by atoms with van der Waals surface area (Å²) in [5, 5.41) is 0. The lowest BCUT2D eigenvalue weighted by Gasteiger charge is -2.05. The SMILES string of the molecule is Nc1cccc(Cc2cc(Br)ccc2F)c1. The molecule has 0 aromatic heterocycles. The highest BCUT2D eigenvalue weighted by molar-refractivity contribution is 9.10. The van der Waals surface area contributed by atoms with Crippen molar-refractivity contribution >= 4 is 21.6 Å². The van der Waals surface area contributed by atoms with E-state index in [1.165, 1.54) is 6.07 Å². The van der Waals surface area contributed by atoms with Gasteiger partial charge in [0.2, 0.25) is 0 Å². The van der Waals surface area contributed by atoms with Crippen molar-refractivity contribution < 1.29 is 4.39 Å². The van der Waals surface area contributed by atoms with Gasteiger partial charge in [0, 0.05) is 16.6 Å². The van der Waals surface area contributed by atoms with Crippen molar-refractivity contribution in [1.29, 1.82) is 0 Å². The lowest BCUT2D eigenvalue weighted by molar-refractivity contribution is 0.613. The van der Waals surface area contributed by atoms with Crippen molar-refractivity contribution in [3.63, 3.8) is 0 Å². The normalized spacial score (nSPS) is 10.4. The van der Waals surface area contributed by atoms with Crippen LogP contribution in [0.1, 0.15) is 11.1 Å². The molecule has 0 aliphatic rings. The molecule has 0 atom stereocenters. The molecule has 0 fully saturated rings. The van der Waals surface area contributed by atoms with E-state index < -0.39 is 0 Å². The van der Waals surface area contributed by atoms with Gasteiger partial charge in [-0.25, -0.2) is 4.39 Å². The third-order valence-electron chi connectivity index (χ3n) is 2.35. The van der Waals surface area contributed by atoms with Crippen LogP contribution in [-0.4, -0.2) is 0 Å². The zero-order valence-corrected chi connectivity index (χ0v) is 10.2. The molecular weight excluding hydrogens is 269 g/mol. The van der Waals surface area contributed by atoms with Crippen molar-refractivity contribution in [3.8, 4) is 0 Å². The first-order chi connectivity index (χ1) is 7.65. The molecule has 0 bridgehead atoms. The van der Waals surface area contributed by atoms with Gasteiger partial charge in [0.15, 0.2) is 0 Å². The summed E-state index contributed by atoms with van der Waals surface area (Å²) < 4.78 is 14.4. The van der Waals surface area contributed by atoms with Crippen LogP contribution < -0.4 is 5.73 Å². The first kappa shape index (κ1) is 11.1. The van der Waals surface area contributed by atoms with E-state index in [0.717, 1.165) is 10.0 Å². The van der Waals surface area contributed by atoms with Gasteiger partial charge in [0.05, 0.1) is 0 Å². The molecule has 0 saturated carbocycles. The van der Waals surface area contributed by atoms with Crippen LogP contribution in [0, 0.1) is 5.82 Å².